The Morgan fingerprint density at radius 2 is 1.04 bits per heavy atom. The first-order valence-electron chi connectivity index (χ1n) is 9.42. The zero-order chi connectivity index (χ0) is 17.4. The van der Waals surface area contributed by atoms with Gasteiger partial charge in [-0.25, -0.2) is 0 Å². The standard InChI is InChI=1S/C22H28OS2/c23-22(17-11-3-1-2-4-12-18-22)21(24-19-13-7-5-8-14-19)25-20-15-9-6-10-16-20/h5-10,13-16,21,23H,1-4,11-12,17-18H2. The molecule has 25 heavy (non-hydrogen) atoms. The molecule has 1 N–H and O–H groups in total. The van der Waals surface area contributed by atoms with Crippen LogP contribution in [0.15, 0.2) is 70.5 Å². The van der Waals surface area contributed by atoms with E-state index in [1.54, 1.807) is 0 Å². The number of hydrogen-bond donors (Lipinski definition) is 1. The molecule has 2 aromatic carbocycles. The van der Waals surface area contributed by atoms with E-state index in [9.17, 15) is 5.11 Å². The third-order valence-electron chi connectivity index (χ3n) is 4.88. The highest BCUT2D eigenvalue weighted by Gasteiger charge is 2.37. The van der Waals surface area contributed by atoms with Gasteiger partial charge in [-0.3, -0.25) is 0 Å². The molecule has 0 aliphatic heterocycles. The number of benzene rings is 2. The van der Waals surface area contributed by atoms with Gasteiger partial charge in [0.1, 0.15) is 0 Å². The van der Waals surface area contributed by atoms with Crippen molar-refractivity contribution in [2.45, 2.75) is 71.3 Å². The van der Waals surface area contributed by atoms with Crippen molar-refractivity contribution < 1.29 is 5.11 Å². The van der Waals surface area contributed by atoms with Crippen LogP contribution in [0.4, 0.5) is 0 Å². The van der Waals surface area contributed by atoms with Gasteiger partial charge in [-0.1, -0.05) is 74.9 Å². The van der Waals surface area contributed by atoms with Crippen molar-refractivity contribution in [2.75, 3.05) is 0 Å². The molecule has 1 nitrogen and oxygen atoms in total. The maximum Gasteiger partial charge on any atom is 0.0883 e. The molecular formula is C22H28OS2. The van der Waals surface area contributed by atoms with Gasteiger partial charge >= 0.3 is 0 Å². The summed E-state index contributed by atoms with van der Waals surface area (Å²) in [5.41, 5.74) is -0.606. The molecule has 0 spiro atoms. The second-order valence-corrected chi connectivity index (χ2v) is 9.57. The average molecular weight is 373 g/mol. The highest BCUT2D eigenvalue weighted by molar-refractivity contribution is 8.17. The molecule has 134 valence electrons. The van der Waals surface area contributed by atoms with Gasteiger partial charge in [-0.15, -0.1) is 23.5 Å². The van der Waals surface area contributed by atoms with E-state index in [0.29, 0.717) is 0 Å². The molecule has 0 bridgehead atoms. The molecule has 1 saturated carbocycles. The molecule has 3 rings (SSSR count). The first-order chi connectivity index (χ1) is 12.3. The smallest absolute Gasteiger partial charge is 0.0883 e. The number of rotatable bonds is 5. The SMILES string of the molecule is OC1(C(Sc2ccccc2)Sc2ccccc2)CCCCCCCC1. The fourth-order valence-corrected chi connectivity index (χ4v) is 6.31. The van der Waals surface area contributed by atoms with Gasteiger partial charge in [0.15, 0.2) is 0 Å². The van der Waals surface area contributed by atoms with Crippen LogP contribution >= 0.6 is 23.5 Å². The van der Waals surface area contributed by atoms with Gasteiger partial charge in [0.05, 0.1) is 10.2 Å². The summed E-state index contributed by atoms with van der Waals surface area (Å²) >= 11 is 3.65. The van der Waals surface area contributed by atoms with Gasteiger partial charge in [-0.05, 0) is 37.1 Å². The van der Waals surface area contributed by atoms with Crippen LogP contribution < -0.4 is 0 Å². The summed E-state index contributed by atoms with van der Waals surface area (Å²) in [5, 5.41) is 11.6. The van der Waals surface area contributed by atoms with E-state index in [0.717, 1.165) is 25.7 Å². The summed E-state index contributed by atoms with van der Waals surface area (Å²) in [6, 6.07) is 21.1. The van der Waals surface area contributed by atoms with Crippen LogP contribution in [0.2, 0.25) is 0 Å². The molecule has 0 heterocycles. The molecular weight excluding hydrogens is 344 g/mol. The lowest BCUT2D eigenvalue weighted by atomic mass is 9.93. The first kappa shape index (κ1) is 18.9. The monoisotopic (exact) mass is 372 g/mol. The summed E-state index contributed by atoms with van der Waals surface area (Å²) in [6.45, 7) is 0. The highest BCUT2D eigenvalue weighted by atomic mass is 32.2. The largest absolute Gasteiger partial charge is 0.388 e. The fraction of sp³-hybridized carbons (Fsp3) is 0.455. The number of aliphatic hydroxyl groups is 1. The molecule has 0 amide bonds. The molecule has 1 fully saturated rings. The number of hydrogen-bond acceptors (Lipinski definition) is 3. The van der Waals surface area contributed by atoms with Crippen molar-refractivity contribution in [1.82, 2.24) is 0 Å². The highest BCUT2D eigenvalue weighted by Crippen LogP contribution is 2.46. The average Bonchev–Trinajstić information content (AvgIpc) is 2.76. The van der Waals surface area contributed by atoms with Crippen LogP contribution in [-0.2, 0) is 0 Å². The van der Waals surface area contributed by atoms with Gasteiger partial charge in [0, 0.05) is 9.79 Å². The lowest BCUT2D eigenvalue weighted by molar-refractivity contribution is 0.0359. The Morgan fingerprint density at radius 1 is 0.640 bits per heavy atom. The molecule has 0 aromatic heterocycles. The third kappa shape index (κ3) is 5.80. The normalized spacial score (nSPS) is 18.3. The zero-order valence-electron chi connectivity index (χ0n) is 14.8. The topological polar surface area (TPSA) is 20.2 Å². The summed E-state index contributed by atoms with van der Waals surface area (Å²) in [6.07, 6.45) is 9.24. The van der Waals surface area contributed by atoms with Crippen molar-refractivity contribution in [2.24, 2.45) is 0 Å². The molecule has 1 aliphatic carbocycles. The van der Waals surface area contributed by atoms with Gasteiger partial charge < -0.3 is 5.11 Å². The Kier molecular flexibility index (Phi) is 7.33. The van der Waals surface area contributed by atoms with E-state index in [2.05, 4.69) is 60.7 Å². The Hall–Kier alpha value is -0.900. The Morgan fingerprint density at radius 3 is 1.48 bits per heavy atom. The Balaban J connectivity index is 1.82. The second-order valence-electron chi connectivity index (χ2n) is 6.92. The van der Waals surface area contributed by atoms with Crippen LogP contribution in [0.3, 0.4) is 0 Å². The van der Waals surface area contributed by atoms with Crippen LogP contribution in [0, 0.1) is 0 Å². The van der Waals surface area contributed by atoms with Crippen LogP contribution in [0.5, 0.6) is 0 Å². The molecule has 1 aliphatic rings. The van der Waals surface area contributed by atoms with Crippen molar-refractivity contribution >= 4 is 23.5 Å². The summed E-state index contributed by atoms with van der Waals surface area (Å²) < 4.78 is 0.121. The van der Waals surface area contributed by atoms with E-state index in [4.69, 9.17) is 0 Å². The summed E-state index contributed by atoms with van der Waals surface area (Å²) in [7, 11) is 0. The maximum atomic E-state index is 11.6. The van der Waals surface area contributed by atoms with Crippen molar-refractivity contribution in [1.29, 1.82) is 0 Å². The van der Waals surface area contributed by atoms with Gasteiger partial charge in [0.25, 0.3) is 0 Å². The van der Waals surface area contributed by atoms with Crippen LogP contribution in [-0.4, -0.2) is 15.3 Å². The lowest BCUT2D eigenvalue weighted by Crippen LogP contribution is -2.38. The maximum absolute atomic E-state index is 11.6. The minimum atomic E-state index is -0.606. The van der Waals surface area contributed by atoms with Crippen molar-refractivity contribution in [3.63, 3.8) is 0 Å². The zero-order valence-corrected chi connectivity index (χ0v) is 16.4. The van der Waals surface area contributed by atoms with Gasteiger partial charge in [-0.2, -0.15) is 0 Å². The minimum Gasteiger partial charge on any atom is -0.388 e. The van der Waals surface area contributed by atoms with Crippen molar-refractivity contribution in [3.05, 3.63) is 60.7 Å². The van der Waals surface area contributed by atoms with Crippen LogP contribution in [0.25, 0.3) is 0 Å². The molecule has 0 radical (unpaired) electrons. The van der Waals surface area contributed by atoms with E-state index in [1.165, 1.54) is 35.5 Å². The fourth-order valence-electron chi connectivity index (χ4n) is 3.42. The minimum absolute atomic E-state index is 0.121. The third-order valence-corrected chi connectivity index (χ3v) is 7.85. The second kappa shape index (κ2) is 9.70. The quantitative estimate of drug-likeness (QED) is 0.462. The number of thioether (sulfide) groups is 2. The van der Waals surface area contributed by atoms with E-state index in [-0.39, 0.29) is 4.58 Å². The van der Waals surface area contributed by atoms with Crippen LogP contribution in [0.1, 0.15) is 51.4 Å². The van der Waals surface area contributed by atoms with E-state index < -0.39 is 5.60 Å². The predicted molar refractivity (Wildman–Crippen MR) is 110 cm³/mol. The first-order valence-corrected chi connectivity index (χ1v) is 11.2. The lowest BCUT2D eigenvalue weighted by Gasteiger charge is -2.36. The van der Waals surface area contributed by atoms with E-state index >= 15 is 0 Å². The van der Waals surface area contributed by atoms with Gasteiger partial charge in [0.2, 0.25) is 0 Å². The van der Waals surface area contributed by atoms with Crippen molar-refractivity contribution in [3.8, 4) is 0 Å². The summed E-state index contributed by atoms with van der Waals surface area (Å²) in [5.74, 6) is 0. The predicted octanol–water partition coefficient (Wildman–Crippen LogP) is 6.76. The molecule has 0 atom stereocenters. The molecule has 0 unspecified atom stereocenters. The Labute approximate surface area is 160 Å². The van der Waals surface area contributed by atoms with E-state index in [1.807, 2.05) is 23.5 Å². The molecule has 2 aromatic rings. The Bertz CT molecular complexity index is 563. The molecule has 3 heteroatoms. The summed E-state index contributed by atoms with van der Waals surface area (Å²) in [4.78, 5) is 2.48. The molecule has 0 saturated heterocycles.